The van der Waals surface area contributed by atoms with E-state index < -0.39 is 0 Å². The van der Waals surface area contributed by atoms with Crippen molar-refractivity contribution >= 4 is 0 Å². The summed E-state index contributed by atoms with van der Waals surface area (Å²) in [4.78, 5) is 0. The van der Waals surface area contributed by atoms with E-state index >= 15 is 0 Å². The lowest BCUT2D eigenvalue weighted by Crippen LogP contribution is -2.03. The van der Waals surface area contributed by atoms with E-state index in [9.17, 15) is 0 Å². The SMILES string of the molecule is CC1CCC2=C(C1)CC(C)C2. The number of hydrogen-bond acceptors (Lipinski definition) is 0. The second-order valence-electron chi connectivity index (χ2n) is 4.57. The summed E-state index contributed by atoms with van der Waals surface area (Å²) >= 11 is 0. The average Bonchev–Trinajstić information content (AvgIpc) is 2.27. The van der Waals surface area contributed by atoms with Crippen molar-refractivity contribution in [3.63, 3.8) is 0 Å². The second-order valence-corrected chi connectivity index (χ2v) is 4.57. The summed E-state index contributed by atoms with van der Waals surface area (Å²) in [7, 11) is 0. The predicted molar refractivity (Wildman–Crippen MR) is 48.4 cm³/mol. The fourth-order valence-corrected chi connectivity index (χ4v) is 2.65. The van der Waals surface area contributed by atoms with Crippen molar-refractivity contribution in [2.45, 2.75) is 46.0 Å². The Labute approximate surface area is 69.7 Å². The van der Waals surface area contributed by atoms with E-state index in [0.29, 0.717) is 0 Å². The molecule has 2 aliphatic carbocycles. The van der Waals surface area contributed by atoms with Gasteiger partial charge in [0.25, 0.3) is 0 Å². The van der Waals surface area contributed by atoms with Crippen LogP contribution in [0.1, 0.15) is 46.0 Å². The van der Waals surface area contributed by atoms with Crippen molar-refractivity contribution in [1.29, 1.82) is 0 Å². The van der Waals surface area contributed by atoms with Crippen LogP contribution in [0.2, 0.25) is 0 Å². The molecule has 0 aromatic rings. The van der Waals surface area contributed by atoms with Crippen molar-refractivity contribution in [1.82, 2.24) is 0 Å². The summed E-state index contributed by atoms with van der Waals surface area (Å²) in [6.07, 6.45) is 7.12. The summed E-state index contributed by atoms with van der Waals surface area (Å²) in [6, 6.07) is 0. The molecular formula is C11H18. The molecule has 11 heavy (non-hydrogen) atoms. The van der Waals surface area contributed by atoms with Crippen LogP contribution in [0.15, 0.2) is 11.1 Å². The smallest absolute Gasteiger partial charge is 0.0289 e. The minimum Gasteiger partial charge on any atom is -0.0707 e. The van der Waals surface area contributed by atoms with Gasteiger partial charge in [-0.05, 0) is 43.9 Å². The van der Waals surface area contributed by atoms with Gasteiger partial charge in [-0.2, -0.15) is 0 Å². The zero-order valence-electron chi connectivity index (χ0n) is 7.69. The first kappa shape index (κ1) is 7.39. The maximum Gasteiger partial charge on any atom is -0.0289 e. The summed E-state index contributed by atoms with van der Waals surface area (Å²) in [6.45, 7) is 4.79. The lowest BCUT2D eigenvalue weighted by molar-refractivity contribution is 0.495. The standard InChI is InChI=1S/C11H18/c1-8-3-4-10-6-9(2)7-11(10)5-8/h8-9H,3-7H2,1-2H3. The molecule has 0 amide bonds. The topological polar surface area (TPSA) is 0 Å². The minimum atomic E-state index is 0.963. The van der Waals surface area contributed by atoms with Crippen LogP contribution in [0.25, 0.3) is 0 Å². The molecule has 0 N–H and O–H groups in total. The van der Waals surface area contributed by atoms with E-state index in [-0.39, 0.29) is 0 Å². The van der Waals surface area contributed by atoms with Gasteiger partial charge < -0.3 is 0 Å². The highest BCUT2D eigenvalue weighted by atomic mass is 14.3. The van der Waals surface area contributed by atoms with Crippen molar-refractivity contribution in [3.05, 3.63) is 11.1 Å². The molecule has 0 aliphatic heterocycles. The fraction of sp³-hybridized carbons (Fsp3) is 0.818. The highest BCUT2D eigenvalue weighted by Gasteiger charge is 2.25. The summed E-state index contributed by atoms with van der Waals surface area (Å²) in [5.41, 5.74) is 3.66. The zero-order valence-corrected chi connectivity index (χ0v) is 7.69. The first-order chi connectivity index (χ1) is 5.25. The van der Waals surface area contributed by atoms with Crippen molar-refractivity contribution < 1.29 is 0 Å². The van der Waals surface area contributed by atoms with Crippen LogP contribution >= 0.6 is 0 Å². The van der Waals surface area contributed by atoms with Gasteiger partial charge in [-0.1, -0.05) is 25.0 Å². The molecule has 0 spiro atoms. The molecule has 2 rings (SSSR count). The molecule has 0 saturated heterocycles. The van der Waals surface area contributed by atoms with Crippen molar-refractivity contribution in [2.75, 3.05) is 0 Å². The quantitative estimate of drug-likeness (QED) is 0.463. The van der Waals surface area contributed by atoms with Crippen LogP contribution in [0.5, 0.6) is 0 Å². The first-order valence-corrected chi connectivity index (χ1v) is 4.95. The van der Waals surface area contributed by atoms with Gasteiger partial charge in [0.2, 0.25) is 0 Å². The largest absolute Gasteiger partial charge is 0.0707 e. The number of allylic oxidation sites excluding steroid dienone is 2. The zero-order chi connectivity index (χ0) is 7.84. The van der Waals surface area contributed by atoms with Gasteiger partial charge in [-0.3, -0.25) is 0 Å². The normalized spacial score (nSPS) is 37.6. The van der Waals surface area contributed by atoms with E-state index in [1.54, 1.807) is 0 Å². The van der Waals surface area contributed by atoms with Crippen LogP contribution in [0.4, 0.5) is 0 Å². The van der Waals surface area contributed by atoms with Gasteiger partial charge in [0.15, 0.2) is 0 Å². The predicted octanol–water partition coefficient (Wildman–Crippen LogP) is 3.53. The lowest BCUT2D eigenvalue weighted by Gasteiger charge is -2.19. The molecule has 0 saturated carbocycles. The Hall–Kier alpha value is -0.260. The van der Waals surface area contributed by atoms with Gasteiger partial charge >= 0.3 is 0 Å². The Kier molecular flexibility index (Phi) is 1.78. The summed E-state index contributed by atoms with van der Waals surface area (Å²) in [5, 5.41) is 0. The Morgan fingerprint density at radius 3 is 2.36 bits per heavy atom. The second kappa shape index (κ2) is 2.66. The maximum atomic E-state index is 2.40. The fourth-order valence-electron chi connectivity index (χ4n) is 2.65. The van der Waals surface area contributed by atoms with Gasteiger partial charge in [0.1, 0.15) is 0 Å². The van der Waals surface area contributed by atoms with Gasteiger partial charge in [0.05, 0.1) is 0 Å². The summed E-state index contributed by atoms with van der Waals surface area (Å²) in [5.74, 6) is 1.93. The van der Waals surface area contributed by atoms with E-state index in [1.807, 2.05) is 11.1 Å². The van der Waals surface area contributed by atoms with Crippen LogP contribution in [-0.2, 0) is 0 Å². The molecule has 62 valence electrons. The number of hydrogen-bond donors (Lipinski definition) is 0. The van der Waals surface area contributed by atoms with Crippen molar-refractivity contribution in [2.24, 2.45) is 11.8 Å². The Morgan fingerprint density at radius 2 is 1.55 bits per heavy atom. The number of rotatable bonds is 0. The molecule has 0 aromatic heterocycles. The van der Waals surface area contributed by atoms with Gasteiger partial charge in [-0.25, -0.2) is 0 Å². The maximum absolute atomic E-state index is 2.40. The average molecular weight is 150 g/mol. The van der Waals surface area contributed by atoms with E-state index in [2.05, 4.69) is 13.8 Å². The minimum absolute atomic E-state index is 0.963. The van der Waals surface area contributed by atoms with Crippen LogP contribution in [0.3, 0.4) is 0 Å². The van der Waals surface area contributed by atoms with Crippen molar-refractivity contribution in [3.8, 4) is 0 Å². The molecule has 2 unspecified atom stereocenters. The molecule has 0 nitrogen and oxygen atoms in total. The van der Waals surface area contributed by atoms with Gasteiger partial charge in [0, 0.05) is 0 Å². The first-order valence-electron chi connectivity index (χ1n) is 4.95. The third-order valence-electron chi connectivity index (χ3n) is 3.22. The molecule has 0 bridgehead atoms. The molecule has 2 atom stereocenters. The van der Waals surface area contributed by atoms with E-state index in [1.165, 1.54) is 32.1 Å². The van der Waals surface area contributed by atoms with E-state index in [4.69, 9.17) is 0 Å². The Bertz CT molecular complexity index is 188. The van der Waals surface area contributed by atoms with Gasteiger partial charge in [-0.15, -0.1) is 0 Å². The molecule has 0 aromatic carbocycles. The molecular weight excluding hydrogens is 132 g/mol. The van der Waals surface area contributed by atoms with Crippen LogP contribution in [0, 0.1) is 11.8 Å². The third kappa shape index (κ3) is 1.36. The van der Waals surface area contributed by atoms with Crippen LogP contribution in [-0.4, -0.2) is 0 Å². The van der Waals surface area contributed by atoms with E-state index in [0.717, 1.165) is 11.8 Å². The summed E-state index contributed by atoms with van der Waals surface area (Å²) < 4.78 is 0. The molecule has 0 radical (unpaired) electrons. The molecule has 0 fully saturated rings. The lowest BCUT2D eigenvalue weighted by atomic mass is 9.86. The molecule has 0 heteroatoms. The Balaban J connectivity index is 2.10. The third-order valence-corrected chi connectivity index (χ3v) is 3.22. The highest BCUT2D eigenvalue weighted by Crippen LogP contribution is 2.41. The molecule has 0 heterocycles. The highest BCUT2D eigenvalue weighted by molar-refractivity contribution is 5.23. The monoisotopic (exact) mass is 150 g/mol. The Morgan fingerprint density at radius 1 is 0.909 bits per heavy atom. The molecule has 2 aliphatic rings. The van der Waals surface area contributed by atoms with Crippen LogP contribution < -0.4 is 0 Å².